The second kappa shape index (κ2) is 7.09. The summed E-state index contributed by atoms with van der Waals surface area (Å²) in [6.45, 7) is 2.43. The first-order chi connectivity index (χ1) is 11.9. The van der Waals surface area contributed by atoms with Crippen molar-refractivity contribution >= 4 is 22.9 Å². The van der Waals surface area contributed by atoms with E-state index >= 15 is 0 Å². The van der Waals surface area contributed by atoms with Crippen LogP contribution in [0.25, 0.3) is 0 Å². The monoisotopic (exact) mass is 366 g/mol. The van der Waals surface area contributed by atoms with Crippen molar-refractivity contribution in [2.24, 2.45) is 5.41 Å². The summed E-state index contributed by atoms with van der Waals surface area (Å²) in [4.78, 5) is 15.7. The number of ether oxygens (including phenoxy) is 1. The Hall–Kier alpha value is -1.99. The molecule has 1 aromatic carbocycles. The normalized spacial score (nSPS) is 19.5. The Labute approximate surface area is 149 Å². The lowest BCUT2D eigenvalue weighted by molar-refractivity contribution is -0.124. The van der Waals surface area contributed by atoms with Crippen molar-refractivity contribution in [3.8, 4) is 5.75 Å². The predicted molar refractivity (Wildman–Crippen MR) is 94.1 cm³/mol. The maximum Gasteiger partial charge on any atom is 0.387 e. The summed E-state index contributed by atoms with van der Waals surface area (Å²) in [5.41, 5.74) is 0.349. The third kappa shape index (κ3) is 3.99. The molecule has 0 aliphatic carbocycles. The SMILES string of the molecule is CC1(C)CN(CC(=O)Nc2ccccc2OC(F)F)C1c1cccs1. The maximum absolute atomic E-state index is 12.5. The number of likely N-dealkylation sites (tertiary alicyclic amines) is 1. The molecule has 1 fully saturated rings. The van der Waals surface area contributed by atoms with Gasteiger partial charge in [0, 0.05) is 11.4 Å². The van der Waals surface area contributed by atoms with Crippen molar-refractivity contribution in [3.63, 3.8) is 0 Å². The summed E-state index contributed by atoms with van der Waals surface area (Å²) < 4.78 is 29.4. The zero-order chi connectivity index (χ0) is 18.0. The molecule has 1 unspecified atom stereocenters. The zero-order valence-corrected chi connectivity index (χ0v) is 14.9. The number of hydrogen-bond donors (Lipinski definition) is 1. The molecule has 1 N–H and O–H groups in total. The molecule has 2 aromatic rings. The minimum Gasteiger partial charge on any atom is -0.433 e. The van der Waals surface area contributed by atoms with Gasteiger partial charge < -0.3 is 10.1 Å². The van der Waals surface area contributed by atoms with Gasteiger partial charge in [0.25, 0.3) is 0 Å². The molecule has 4 nitrogen and oxygen atoms in total. The number of hydrogen-bond acceptors (Lipinski definition) is 4. The van der Waals surface area contributed by atoms with Gasteiger partial charge in [-0.1, -0.05) is 32.0 Å². The van der Waals surface area contributed by atoms with Crippen LogP contribution in [0.1, 0.15) is 24.8 Å². The van der Waals surface area contributed by atoms with Gasteiger partial charge in [-0.25, -0.2) is 0 Å². The van der Waals surface area contributed by atoms with Crippen molar-refractivity contribution in [3.05, 3.63) is 46.7 Å². The highest BCUT2D eigenvalue weighted by Gasteiger charge is 2.47. The van der Waals surface area contributed by atoms with E-state index in [-0.39, 0.29) is 35.3 Å². The second-order valence-electron chi connectivity index (χ2n) is 6.73. The Morgan fingerprint density at radius 1 is 1.36 bits per heavy atom. The highest BCUT2D eigenvalue weighted by molar-refractivity contribution is 7.10. The number of nitrogens with zero attached hydrogens (tertiary/aromatic N) is 1. The molecule has 1 saturated heterocycles. The molecule has 1 amide bonds. The van der Waals surface area contributed by atoms with Gasteiger partial charge >= 0.3 is 6.61 Å². The topological polar surface area (TPSA) is 41.6 Å². The number of alkyl halides is 2. The van der Waals surface area contributed by atoms with Crippen LogP contribution < -0.4 is 10.1 Å². The van der Waals surface area contributed by atoms with Crippen LogP contribution in [0.3, 0.4) is 0 Å². The van der Waals surface area contributed by atoms with Crippen LogP contribution in [0.15, 0.2) is 41.8 Å². The van der Waals surface area contributed by atoms with Crippen molar-refractivity contribution in [1.82, 2.24) is 4.90 Å². The van der Waals surface area contributed by atoms with E-state index in [9.17, 15) is 13.6 Å². The predicted octanol–water partition coefficient (Wildman–Crippen LogP) is 4.37. The molecule has 1 aliphatic rings. The van der Waals surface area contributed by atoms with Gasteiger partial charge in [0.1, 0.15) is 5.75 Å². The number of thiophene rings is 1. The van der Waals surface area contributed by atoms with E-state index in [2.05, 4.69) is 34.9 Å². The lowest BCUT2D eigenvalue weighted by atomic mass is 9.74. The van der Waals surface area contributed by atoms with E-state index in [1.54, 1.807) is 29.5 Å². The first-order valence-corrected chi connectivity index (χ1v) is 8.86. The maximum atomic E-state index is 12.5. The van der Waals surface area contributed by atoms with Crippen molar-refractivity contribution in [1.29, 1.82) is 0 Å². The molecule has 1 atom stereocenters. The summed E-state index contributed by atoms with van der Waals surface area (Å²) in [5.74, 6) is -0.285. The molecule has 0 saturated carbocycles. The van der Waals surface area contributed by atoms with Gasteiger partial charge in [0.15, 0.2) is 0 Å². The first-order valence-electron chi connectivity index (χ1n) is 7.98. The molecular formula is C18H20F2N2O2S. The fraction of sp³-hybridized carbons (Fsp3) is 0.389. The molecule has 25 heavy (non-hydrogen) atoms. The summed E-state index contributed by atoms with van der Waals surface area (Å²) in [7, 11) is 0. The molecule has 0 bridgehead atoms. The summed E-state index contributed by atoms with van der Waals surface area (Å²) in [6.07, 6.45) is 0. The Morgan fingerprint density at radius 3 is 2.76 bits per heavy atom. The molecule has 1 aliphatic heterocycles. The van der Waals surface area contributed by atoms with E-state index in [0.717, 1.165) is 6.54 Å². The summed E-state index contributed by atoms with van der Waals surface area (Å²) in [6, 6.07) is 10.5. The highest BCUT2D eigenvalue weighted by Crippen LogP contribution is 2.49. The number of rotatable bonds is 6. The number of amides is 1. The van der Waals surface area contributed by atoms with Crippen LogP contribution in [-0.4, -0.2) is 30.5 Å². The Morgan fingerprint density at radius 2 is 2.12 bits per heavy atom. The quantitative estimate of drug-likeness (QED) is 0.825. The summed E-state index contributed by atoms with van der Waals surface area (Å²) >= 11 is 1.68. The molecular weight excluding hydrogens is 346 g/mol. The number of nitrogens with one attached hydrogen (secondary N) is 1. The van der Waals surface area contributed by atoms with E-state index in [4.69, 9.17) is 0 Å². The number of benzene rings is 1. The van der Waals surface area contributed by atoms with E-state index in [1.807, 2.05) is 11.4 Å². The van der Waals surface area contributed by atoms with Crippen LogP contribution in [0.4, 0.5) is 14.5 Å². The summed E-state index contributed by atoms with van der Waals surface area (Å²) in [5, 5.41) is 4.70. The molecule has 134 valence electrons. The Kier molecular flexibility index (Phi) is 5.06. The largest absolute Gasteiger partial charge is 0.433 e. The minimum absolute atomic E-state index is 0.0374. The number of halogens is 2. The van der Waals surface area contributed by atoms with E-state index < -0.39 is 6.61 Å². The lowest BCUT2D eigenvalue weighted by Gasteiger charge is -2.53. The van der Waals surface area contributed by atoms with Gasteiger partial charge in [-0.2, -0.15) is 8.78 Å². The Balaban J connectivity index is 1.66. The van der Waals surface area contributed by atoms with Gasteiger partial charge in [0.05, 0.1) is 18.3 Å². The molecule has 2 heterocycles. The van der Waals surface area contributed by atoms with Crippen LogP contribution in [-0.2, 0) is 4.79 Å². The minimum atomic E-state index is -2.93. The van der Waals surface area contributed by atoms with Gasteiger partial charge in [-0.15, -0.1) is 11.3 Å². The molecule has 0 radical (unpaired) electrons. The standard InChI is InChI=1S/C18H20F2N2O2S/c1-18(2)11-22(16(18)14-8-5-9-25-14)10-15(23)21-12-6-3-4-7-13(12)24-17(19)20/h3-9,16-17H,10-11H2,1-2H3,(H,21,23). The highest BCUT2D eigenvalue weighted by atomic mass is 32.1. The third-order valence-corrected chi connectivity index (χ3v) is 5.18. The smallest absolute Gasteiger partial charge is 0.387 e. The van der Waals surface area contributed by atoms with Crippen LogP contribution >= 0.6 is 11.3 Å². The Bertz CT molecular complexity index is 734. The number of anilines is 1. The van der Waals surface area contributed by atoms with Gasteiger partial charge in [0.2, 0.25) is 5.91 Å². The molecule has 1 aromatic heterocycles. The van der Waals surface area contributed by atoms with Crippen molar-refractivity contribution in [2.75, 3.05) is 18.4 Å². The zero-order valence-electron chi connectivity index (χ0n) is 14.0. The molecule has 3 rings (SSSR count). The lowest BCUT2D eigenvalue weighted by Crippen LogP contribution is -2.57. The van der Waals surface area contributed by atoms with Crippen LogP contribution in [0.5, 0.6) is 5.75 Å². The second-order valence-corrected chi connectivity index (χ2v) is 7.71. The molecule has 0 spiro atoms. The van der Waals surface area contributed by atoms with Gasteiger partial charge in [-0.05, 0) is 29.0 Å². The first kappa shape index (κ1) is 17.8. The number of carbonyl (C=O) groups is 1. The number of para-hydroxylation sites is 2. The van der Waals surface area contributed by atoms with E-state index in [0.29, 0.717) is 0 Å². The fourth-order valence-electron chi connectivity index (χ4n) is 3.38. The average molecular weight is 366 g/mol. The van der Waals surface area contributed by atoms with Crippen molar-refractivity contribution < 1.29 is 18.3 Å². The third-order valence-electron chi connectivity index (χ3n) is 4.25. The van der Waals surface area contributed by atoms with E-state index in [1.165, 1.54) is 10.9 Å². The van der Waals surface area contributed by atoms with Crippen molar-refractivity contribution in [2.45, 2.75) is 26.5 Å². The number of carbonyl (C=O) groups excluding carboxylic acids is 1. The van der Waals surface area contributed by atoms with Crippen LogP contribution in [0, 0.1) is 5.41 Å². The van der Waals surface area contributed by atoms with Crippen LogP contribution in [0.2, 0.25) is 0 Å². The average Bonchev–Trinajstić information content (AvgIpc) is 3.01. The molecule has 7 heteroatoms. The van der Waals surface area contributed by atoms with Gasteiger partial charge in [-0.3, -0.25) is 9.69 Å². The fourth-order valence-corrected chi connectivity index (χ4v) is 4.45.